The number of nitrogens with zero attached hydrogens (tertiary/aromatic N) is 1. The van der Waals surface area contributed by atoms with Crippen molar-refractivity contribution in [2.75, 3.05) is 18.6 Å². The predicted molar refractivity (Wildman–Crippen MR) is 142 cm³/mol. The summed E-state index contributed by atoms with van der Waals surface area (Å²) in [5.41, 5.74) is 0.497. The molecule has 1 rings (SSSR count). The first-order chi connectivity index (χ1) is 16.3. The number of benzene rings is 1. The zero-order valence-electron chi connectivity index (χ0n) is 22.4. The largest absolute Gasteiger partial charge is 0.508 e. The van der Waals surface area contributed by atoms with Crippen molar-refractivity contribution < 1.29 is 24.2 Å². The molecule has 198 valence electrons. The number of hydrogen-bond acceptors (Lipinski definition) is 6. The van der Waals surface area contributed by atoms with Crippen LogP contribution in [0.1, 0.15) is 78.0 Å². The number of aromatic hydroxyl groups is 1. The van der Waals surface area contributed by atoms with Crippen LogP contribution in [-0.4, -0.2) is 64.2 Å². The van der Waals surface area contributed by atoms with Crippen molar-refractivity contribution in [3.63, 3.8) is 0 Å². The van der Waals surface area contributed by atoms with Gasteiger partial charge in [0.1, 0.15) is 23.4 Å². The highest BCUT2D eigenvalue weighted by atomic mass is 32.2. The van der Waals surface area contributed by atoms with Gasteiger partial charge in [-0.15, -0.1) is 0 Å². The Kier molecular flexibility index (Phi) is 12.4. The van der Waals surface area contributed by atoms with Crippen LogP contribution in [0.5, 0.6) is 5.75 Å². The standard InChI is InChI=1S/C26H43N3O5S/c1-9-11-18(4)27-23(31)22(19-12-13-21(30)17(3)16-19)29(10-2)24(32)20(14-15-35-8)28-25(33)34-26(5,6)7/h12-13,16,18,20,22,30H,9-11,14-15H2,1-8H3,(H,27,31)(H,28,33). The lowest BCUT2D eigenvalue weighted by Gasteiger charge is -2.34. The minimum absolute atomic E-state index is 0.0609. The van der Waals surface area contributed by atoms with Crippen LogP contribution in [0.4, 0.5) is 4.79 Å². The Balaban J connectivity index is 3.37. The highest BCUT2D eigenvalue weighted by molar-refractivity contribution is 7.98. The van der Waals surface area contributed by atoms with Gasteiger partial charge >= 0.3 is 6.09 Å². The summed E-state index contributed by atoms with van der Waals surface area (Å²) in [5.74, 6) is 0.103. The average molecular weight is 510 g/mol. The minimum atomic E-state index is -0.914. The Labute approximate surface area is 214 Å². The summed E-state index contributed by atoms with van der Waals surface area (Å²) in [4.78, 5) is 41.3. The first-order valence-corrected chi connectivity index (χ1v) is 13.6. The number of ether oxygens (including phenoxy) is 1. The Morgan fingerprint density at radius 2 is 1.80 bits per heavy atom. The van der Waals surface area contributed by atoms with Crippen LogP contribution >= 0.6 is 11.8 Å². The van der Waals surface area contributed by atoms with Crippen molar-refractivity contribution in [1.82, 2.24) is 15.5 Å². The molecular weight excluding hydrogens is 466 g/mol. The van der Waals surface area contributed by atoms with E-state index in [4.69, 9.17) is 4.74 Å². The molecule has 0 aliphatic rings. The third kappa shape index (κ3) is 9.99. The van der Waals surface area contributed by atoms with Crippen molar-refractivity contribution >= 4 is 29.7 Å². The lowest BCUT2D eigenvalue weighted by molar-refractivity contribution is -0.142. The summed E-state index contributed by atoms with van der Waals surface area (Å²) < 4.78 is 5.38. The van der Waals surface area contributed by atoms with Gasteiger partial charge in [-0.2, -0.15) is 11.8 Å². The number of alkyl carbamates (subject to hydrolysis) is 1. The van der Waals surface area contributed by atoms with E-state index < -0.39 is 23.8 Å². The maximum absolute atomic E-state index is 13.8. The summed E-state index contributed by atoms with van der Waals surface area (Å²) in [6.07, 6.45) is 3.37. The van der Waals surface area contributed by atoms with E-state index >= 15 is 0 Å². The number of amides is 3. The van der Waals surface area contributed by atoms with Crippen LogP contribution in [-0.2, 0) is 14.3 Å². The van der Waals surface area contributed by atoms with Crippen LogP contribution < -0.4 is 10.6 Å². The molecule has 0 radical (unpaired) electrons. The molecule has 0 aliphatic carbocycles. The number of nitrogens with one attached hydrogen (secondary N) is 2. The summed E-state index contributed by atoms with van der Waals surface area (Å²) in [5, 5.41) is 15.8. The molecule has 0 saturated carbocycles. The number of rotatable bonds is 12. The van der Waals surface area contributed by atoms with Crippen LogP contribution in [0.2, 0.25) is 0 Å². The predicted octanol–water partition coefficient (Wildman–Crippen LogP) is 4.54. The second-order valence-electron chi connectivity index (χ2n) is 9.75. The third-order valence-electron chi connectivity index (χ3n) is 5.43. The summed E-state index contributed by atoms with van der Waals surface area (Å²) in [6.45, 7) is 13.1. The molecule has 0 aromatic heterocycles. The smallest absolute Gasteiger partial charge is 0.408 e. The fraction of sp³-hybridized carbons (Fsp3) is 0.654. The molecule has 9 heteroatoms. The van der Waals surface area contributed by atoms with Gasteiger partial charge in [-0.05, 0) is 89.7 Å². The number of phenols is 1. The summed E-state index contributed by atoms with van der Waals surface area (Å²) in [6, 6.07) is 3.09. The van der Waals surface area contributed by atoms with E-state index in [1.807, 2.05) is 20.1 Å². The average Bonchev–Trinajstić information content (AvgIpc) is 2.75. The lowest BCUT2D eigenvalue weighted by Crippen LogP contribution is -2.53. The van der Waals surface area contributed by atoms with E-state index in [2.05, 4.69) is 10.6 Å². The quantitative estimate of drug-likeness (QED) is 0.382. The number of carbonyl (C=O) groups excluding carboxylic acids is 3. The number of carbonyl (C=O) groups is 3. The topological polar surface area (TPSA) is 108 Å². The summed E-state index contributed by atoms with van der Waals surface area (Å²) >= 11 is 1.57. The van der Waals surface area contributed by atoms with Crippen molar-refractivity contribution in [3.05, 3.63) is 29.3 Å². The van der Waals surface area contributed by atoms with Gasteiger partial charge in [0, 0.05) is 12.6 Å². The van der Waals surface area contributed by atoms with Gasteiger partial charge in [0.2, 0.25) is 11.8 Å². The number of thioether (sulfide) groups is 1. The van der Waals surface area contributed by atoms with E-state index in [9.17, 15) is 19.5 Å². The SMILES string of the molecule is CCCC(C)NC(=O)C(c1ccc(O)c(C)c1)N(CC)C(=O)C(CCSC)NC(=O)OC(C)(C)C. The number of phenolic OH excluding ortho intramolecular Hbond substituents is 1. The van der Waals surface area contributed by atoms with E-state index in [0.717, 1.165) is 12.8 Å². The first kappa shape index (κ1) is 30.6. The molecule has 0 spiro atoms. The van der Waals surface area contributed by atoms with E-state index in [1.165, 1.54) is 11.0 Å². The molecule has 3 N–H and O–H groups in total. The van der Waals surface area contributed by atoms with E-state index in [1.54, 1.807) is 58.5 Å². The number of likely N-dealkylation sites (N-methyl/N-ethyl adjacent to an activating group) is 1. The molecule has 35 heavy (non-hydrogen) atoms. The second kappa shape index (κ2) is 14.2. The molecule has 1 aromatic rings. The van der Waals surface area contributed by atoms with Gasteiger partial charge in [0.05, 0.1) is 0 Å². The van der Waals surface area contributed by atoms with E-state index in [-0.39, 0.29) is 30.2 Å². The van der Waals surface area contributed by atoms with Crippen LogP contribution in [0.25, 0.3) is 0 Å². The van der Waals surface area contributed by atoms with Crippen molar-refractivity contribution in [2.45, 2.75) is 91.5 Å². The van der Waals surface area contributed by atoms with Crippen LogP contribution in [0, 0.1) is 6.92 Å². The Bertz CT molecular complexity index is 856. The third-order valence-corrected chi connectivity index (χ3v) is 6.07. The molecule has 3 amide bonds. The van der Waals surface area contributed by atoms with Gasteiger partial charge in [-0.3, -0.25) is 9.59 Å². The molecule has 0 bridgehead atoms. The van der Waals surface area contributed by atoms with Gasteiger partial charge in [0.25, 0.3) is 0 Å². The van der Waals surface area contributed by atoms with Gasteiger partial charge < -0.3 is 25.4 Å². The maximum Gasteiger partial charge on any atom is 0.408 e. The highest BCUT2D eigenvalue weighted by Gasteiger charge is 2.35. The van der Waals surface area contributed by atoms with Gasteiger partial charge in [-0.1, -0.05) is 19.4 Å². The van der Waals surface area contributed by atoms with Crippen LogP contribution in [0.3, 0.4) is 0 Å². The monoisotopic (exact) mass is 509 g/mol. The van der Waals surface area contributed by atoms with Crippen LogP contribution in [0.15, 0.2) is 18.2 Å². The fourth-order valence-corrected chi connectivity index (χ4v) is 4.23. The Hall–Kier alpha value is -2.42. The van der Waals surface area contributed by atoms with Crippen molar-refractivity contribution in [3.8, 4) is 5.75 Å². The van der Waals surface area contributed by atoms with Crippen molar-refractivity contribution in [1.29, 1.82) is 0 Å². The first-order valence-electron chi connectivity index (χ1n) is 12.2. The number of aryl methyl sites for hydroxylation is 1. The number of hydrogen-bond donors (Lipinski definition) is 3. The second-order valence-corrected chi connectivity index (χ2v) is 10.7. The maximum atomic E-state index is 13.8. The summed E-state index contributed by atoms with van der Waals surface area (Å²) in [7, 11) is 0. The normalized spacial score (nSPS) is 13.9. The zero-order chi connectivity index (χ0) is 26.8. The molecule has 8 nitrogen and oxygen atoms in total. The highest BCUT2D eigenvalue weighted by Crippen LogP contribution is 2.27. The molecule has 0 fully saturated rings. The zero-order valence-corrected chi connectivity index (χ0v) is 23.3. The fourth-order valence-electron chi connectivity index (χ4n) is 3.76. The molecule has 0 aliphatic heterocycles. The lowest BCUT2D eigenvalue weighted by atomic mass is 9.99. The van der Waals surface area contributed by atoms with Gasteiger partial charge in [-0.25, -0.2) is 4.79 Å². The van der Waals surface area contributed by atoms with E-state index in [0.29, 0.717) is 23.3 Å². The molecule has 3 atom stereocenters. The molecule has 0 heterocycles. The Morgan fingerprint density at radius 1 is 1.14 bits per heavy atom. The minimum Gasteiger partial charge on any atom is -0.508 e. The van der Waals surface area contributed by atoms with Gasteiger partial charge in [0.15, 0.2) is 0 Å². The molecule has 3 unspecified atom stereocenters. The Morgan fingerprint density at radius 3 is 2.31 bits per heavy atom. The molecule has 0 saturated heterocycles. The molecular formula is C26H43N3O5S. The van der Waals surface area contributed by atoms with Crippen molar-refractivity contribution in [2.24, 2.45) is 0 Å². The molecule has 1 aromatic carbocycles.